The molecule has 170 valence electrons. The Hall–Kier alpha value is -3.62. The predicted octanol–water partition coefficient (Wildman–Crippen LogP) is 2.84. The van der Waals surface area contributed by atoms with Gasteiger partial charge >= 0.3 is 0 Å². The Balaban J connectivity index is 0.00000141. The summed E-state index contributed by atoms with van der Waals surface area (Å²) in [5.41, 5.74) is 14.5. The number of nitrogens with zero attached hydrogens (tertiary/aromatic N) is 4. The van der Waals surface area contributed by atoms with E-state index < -0.39 is 0 Å². The number of pyridine rings is 1. The molecule has 0 aliphatic carbocycles. The number of hydrogen-bond acceptors (Lipinski definition) is 7. The molecule has 1 aliphatic rings. The summed E-state index contributed by atoms with van der Waals surface area (Å²) >= 11 is 0. The van der Waals surface area contributed by atoms with Crippen molar-refractivity contribution in [3.8, 4) is 17.0 Å². The number of nitrogens with two attached hydrogens (primary N) is 2. The molecule has 2 aromatic heterocycles. The van der Waals surface area contributed by atoms with E-state index in [4.69, 9.17) is 16.2 Å². The van der Waals surface area contributed by atoms with Crippen LogP contribution in [0, 0.1) is 0 Å². The van der Waals surface area contributed by atoms with Gasteiger partial charge in [-0.05, 0) is 36.6 Å². The first-order valence-electron chi connectivity index (χ1n) is 10.8. The molecule has 9 heteroatoms. The van der Waals surface area contributed by atoms with Crippen molar-refractivity contribution in [1.82, 2.24) is 19.4 Å². The van der Waals surface area contributed by atoms with Crippen molar-refractivity contribution in [1.29, 1.82) is 0 Å². The second-order valence-corrected chi connectivity index (χ2v) is 7.44. The Morgan fingerprint density at radius 3 is 2.41 bits per heavy atom. The zero-order valence-corrected chi connectivity index (χ0v) is 19.0. The maximum atomic E-state index is 13.3. The van der Waals surface area contributed by atoms with Crippen molar-refractivity contribution in [3.63, 3.8) is 0 Å². The largest absolute Gasteiger partial charge is 0.480 e. The lowest BCUT2D eigenvalue weighted by Gasteiger charge is -2.32. The van der Waals surface area contributed by atoms with E-state index >= 15 is 0 Å². The summed E-state index contributed by atoms with van der Waals surface area (Å²) in [6.07, 6.45) is 2.97. The molecule has 0 radical (unpaired) electrons. The van der Waals surface area contributed by atoms with E-state index in [0.717, 1.165) is 11.1 Å². The van der Waals surface area contributed by atoms with Crippen LogP contribution in [-0.4, -0.2) is 45.5 Å². The van der Waals surface area contributed by atoms with Crippen LogP contribution in [0.25, 0.3) is 22.0 Å². The Morgan fingerprint density at radius 1 is 1.12 bits per heavy atom. The highest BCUT2D eigenvalue weighted by molar-refractivity contribution is 5.85. The van der Waals surface area contributed by atoms with Crippen molar-refractivity contribution >= 4 is 28.4 Å². The number of nitrogen functional groups attached to an aromatic ring is 2. The average molecular weight is 439 g/mol. The number of anilines is 2. The molecule has 9 nitrogen and oxygen atoms in total. The fraction of sp³-hybridized carbons (Fsp3) is 0.391. The van der Waals surface area contributed by atoms with Gasteiger partial charge in [0.1, 0.15) is 0 Å². The number of methoxy groups -OCH3 is 1. The van der Waals surface area contributed by atoms with Gasteiger partial charge in [0.2, 0.25) is 17.7 Å². The molecule has 3 heterocycles. The highest BCUT2D eigenvalue weighted by atomic mass is 16.5. The number of hydrogen-bond donors (Lipinski definition) is 2. The smallest absolute Gasteiger partial charge is 0.263 e. The molecular weight excluding hydrogens is 408 g/mol. The molecule has 1 aromatic carbocycles. The average Bonchev–Trinajstić information content (AvgIpc) is 2.80. The van der Waals surface area contributed by atoms with Gasteiger partial charge in [-0.25, -0.2) is 9.97 Å². The summed E-state index contributed by atoms with van der Waals surface area (Å²) in [4.78, 5) is 35.3. The maximum Gasteiger partial charge on any atom is 0.263 e. The predicted molar refractivity (Wildman–Crippen MR) is 126 cm³/mol. The zero-order chi connectivity index (χ0) is 23.4. The van der Waals surface area contributed by atoms with Crippen molar-refractivity contribution in [3.05, 3.63) is 40.8 Å². The standard InChI is InChI=1S/C21H24N6O3.C2H6/c1-12(28)26-7-5-15(6-8-26)27-20(29)16-9-13(3-4-18(16)25-21(27)23)14-10-17(22)19(30-2)24-11-14;1-2/h3-4,9-11,15H,5-8,22H2,1-2H3,(H2,23,25);1-2H3. The number of amides is 1. The van der Waals surface area contributed by atoms with Gasteiger partial charge in [-0.1, -0.05) is 19.9 Å². The van der Waals surface area contributed by atoms with Crippen LogP contribution in [0.15, 0.2) is 35.3 Å². The number of fused-ring (bicyclic) bond motifs is 1. The zero-order valence-electron chi connectivity index (χ0n) is 19.0. The SMILES string of the molecule is CC.COc1ncc(-c2ccc3nc(N)n(C4CCN(C(C)=O)CC4)c(=O)c3c2)cc1N. The van der Waals surface area contributed by atoms with Crippen LogP contribution < -0.4 is 21.8 Å². The summed E-state index contributed by atoms with van der Waals surface area (Å²) in [5, 5.41) is 0.477. The van der Waals surface area contributed by atoms with Crippen LogP contribution in [0.2, 0.25) is 0 Å². The monoisotopic (exact) mass is 438 g/mol. The van der Waals surface area contributed by atoms with Gasteiger partial charge in [-0.15, -0.1) is 0 Å². The van der Waals surface area contributed by atoms with Crippen LogP contribution in [0.3, 0.4) is 0 Å². The van der Waals surface area contributed by atoms with Gasteiger partial charge in [-0.3, -0.25) is 14.2 Å². The normalized spacial score (nSPS) is 14.1. The number of carbonyl (C=O) groups excluding carboxylic acids is 1. The third-order valence-corrected chi connectivity index (χ3v) is 5.61. The van der Waals surface area contributed by atoms with Gasteiger partial charge in [0.05, 0.1) is 23.7 Å². The van der Waals surface area contributed by atoms with Crippen molar-refractivity contribution in [2.75, 3.05) is 31.7 Å². The second-order valence-electron chi connectivity index (χ2n) is 7.44. The number of rotatable bonds is 3. The molecule has 0 bridgehead atoms. The molecule has 32 heavy (non-hydrogen) atoms. The Morgan fingerprint density at radius 2 is 1.81 bits per heavy atom. The highest BCUT2D eigenvalue weighted by Gasteiger charge is 2.25. The quantitative estimate of drug-likeness (QED) is 0.643. The minimum absolute atomic E-state index is 0.0439. The Bertz CT molecular complexity index is 1180. The fourth-order valence-corrected chi connectivity index (χ4v) is 3.98. The van der Waals surface area contributed by atoms with Crippen LogP contribution in [0.4, 0.5) is 11.6 Å². The molecule has 4 rings (SSSR count). The molecule has 0 saturated carbocycles. The van der Waals surface area contributed by atoms with E-state index in [2.05, 4.69) is 9.97 Å². The topological polar surface area (TPSA) is 129 Å². The van der Waals surface area contributed by atoms with E-state index in [1.165, 1.54) is 7.11 Å². The maximum absolute atomic E-state index is 13.3. The lowest BCUT2D eigenvalue weighted by molar-refractivity contribution is -0.130. The lowest BCUT2D eigenvalue weighted by Crippen LogP contribution is -2.40. The highest BCUT2D eigenvalue weighted by Crippen LogP contribution is 2.29. The first kappa shape index (κ1) is 23.1. The van der Waals surface area contributed by atoms with Crippen LogP contribution in [-0.2, 0) is 4.79 Å². The summed E-state index contributed by atoms with van der Waals surface area (Å²) in [6.45, 7) is 6.75. The third kappa shape index (κ3) is 4.37. The van der Waals surface area contributed by atoms with Crippen molar-refractivity contribution < 1.29 is 9.53 Å². The molecular formula is C23H30N6O3. The van der Waals surface area contributed by atoms with Crippen LogP contribution >= 0.6 is 0 Å². The number of carbonyl (C=O) groups is 1. The molecule has 0 spiro atoms. The van der Waals surface area contributed by atoms with E-state index in [1.54, 1.807) is 40.8 Å². The summed E-state index contributed by atoms with van der Waals surface area (Å²) < 4.78 is 6.67. The van der Waals surface area contributed by atoms with Crippen molar-refractivity contribution in [2.45, 2.75) is 39.7 Å². The molecule has 1 fully saturated rings. The molecule has 0 unspecified atom stereocenters. The van der Waals surface area contributed by atoms with Gasteiger partial charge in [0, 0.05) is 37.8 Å². The van der Waals surface area contributed by atoms with Crippen molar-refractivity contribution in [2.24, 2.45) is 0 Å². The molecule has 0 atom stereocenters. The summed E-state index contributed by atoms with van der Waals surface area (Å²) in [5.74, 6) is 0.590. The van der Waals surface area contributed by atoms with Gasteiger partial charge in [-0.2, -0.15) is 0 Å². The minimum atomic E-state index is -0.185. The van der Waals surface area contributed by atoms with Gasteiger partial charge < -0.3 is 21.1 Å². The number of likely N-dealkylation sites (tertiary alicyclic amines) is 1. The Labute approximate surface area is 187 Å². The number of aromatic nitrogens is 3. The lowest BCUT2D eigenvalue weighted by atomic mass is 10.0. The van der Waals surface area contributed by atoms with E-state index in [-0.39, 0.29) is 23.5 Å². The van der Waals surface area contributed by atoms with E-state index in [0.29, 0.717) is 48.4 Å². The number of piperidine rings is 1. The molecule has 1 aliphatic heterocycles. The van der Waals surface area contributed by atoms with E-state index in [9.17, 15) is 9.59 Å². The summed E-state index contributed by atoms with van der Waals surface area (Å²) in [7, 11) is 1.51. The second kappa shape index (κ2) is 9.67. The fourth-order valence-electron chi connectivity index (χ4n) is 3.98. The molecule has 1 saturated heterocycles. The summed E-state index contributed by atoms with van der Waals surface area (Å²) in [6, 6.07) is 7.08. The first-order valence-corrected chi connectivity index (χ1v) is 10.8. The molecule has 4 N–H and O–H groups in total. The van der Waals surface area contributed by atoms with E-state index in [1.807, 2.05) is 19.9 Å². The molecule has 1 amide bonds. The first-order chi connectivity index (χ1) is 15.4. The third-order valence-electron chi connectivity index (χ3n) is 5.61. The van der Waals surface area contributed by atoms with Gasteiger partial charge in [0.15, 0.2) is 0 Å². The van der Waals surface area contributed by atoms with Gasteiger partial charge in [0.25, 0.3) is 5.56 Å². The number of benzene rings is 1. The van der Waals surface area contributed by atoms with Crippen LogP contribution in [0.1, 0.15) is 39.7 Å². The molecule has 3 aromatic rings. The Kier molecular flexibility index (Phi) is 6.97. The number of ether oxygens (including phenoxy) is 1. The van der Waals surface area contributed by atoms with Crippen LogP contribution in [0.5, 0.6) is 5.88 Å². The minimum Gasteiger partial charge on any atom is -0.480 e.